The van der Waals surface area contributed by atoms with Gasteiger partial charge in [-0.1, -0.05) is 29.3 Å². The Labute approximate surface area is 159 Å². The van der Waals surface area contributed by atoms with Gasteiger partial charge in [-0.2, -0.15) is 0 Å². The molecule has 0 fully saturated rings. The highest BCUT2D eigenvalue weighted by molar-refractivity contribution is 7.90. The van der Waals surface area contributed by atoms with E-state index in [1.807, 2.05) is 12.1 Å². The molecule has 0 aliphatic heterocycles. The van der Waals surface area contributed by atoms with E-state index in [0.29, 0.717) is 29.2 Å². The van der Waals surface area contributed by atoms with E-state index in [4.69, 9.17) is 27.9 Å². The molecule has 25 heavy (non-hydrogen) atoms. The van der Waals surface area contributed by atoms with Gasteiger partial charge >= 0.3 is 0 Å². The van der Waals surface area contributed by atoms with E-state index in [2.05, 4.69) is 15.6 Å². The summed E-state index contributed by atoms with van der Waals surface area (Å²) < 4.78 is 27.2. The number of aliphatic imine (C=N–C) groups is 1. The Kier molecular flexibility index (Phi) is 10.2. The van der Waals surface area contributed by atoms with E-state index in [1.165, 1.54) is 6.26 Å². The largest absolute Gasteiger partial charge is 0.379 e. The van der Waals surface area contributed by atoms with Gasteiger partial charge in [0.1, 0.15) is 9.84 Å². The summed E-state index contributed by atoms with van der Waals surface area (Å²) in [6.07, 6.45) is 2.93. The van der Waals surface area contributed by atoms with Crippen molar-refractivity contribution in [2.45, 2.75) is 12.8 Å². The Balaban J connectivity index is 2.15. The molecule has 0 atom stereocenters. The van der Waals surface area contributed by atoms with Crippen LogP contribution in [0.3, 0.4) is 0 Å². The van der Waals surface area contributed by atoms with E-state index in [9.17, 15) is 8.42 Å². The van der Waals surface area contributed by atoms with Crippen molar-refractivity contribution in [3.05, 3.63) is 33.8 Å². The first-order valence-electron chi connectivity index (χ1n) is 7.96. The van der Waals surface area contributed by atoms with Crippen LogP contribution in [0.2, 0.25) is 10.0 Å². The molecule has 0 saturated carbocycles. The number of guanidine groups is 1. The van der Waals surface area contributed by atoms with Crippen LogP contribution in [0.5, 0.6) is 0 Å². The maximum atomic E-state index is 11.0. The Bertz CT molecular complexity index is 667. The highest BCUT2D eigenvalue weighted by atomic mass is 35.5. The van der Waals surface area contributed by atoms with E-state index < -0.39 is 9.84 Å². The highest BCUT2D eigenvalue weighted by Gasteiger charge is 2.03. The van der Waals surface area contributed by atoms with Gasteiger partial charge in [0.15, 0.2) is 5.96 Å². The molecule has 1 aromatic rings. The van der Waals surface area contributed by atoms with Crippen LogP contribution in [-0.4, -0.2) is 59.7 Å². The third-order valence-electron chi connectivity index (χ3n) is 3.29. The molecule has 0 radical (unpaired) electrons. The van der Waals surface area contributed by atoms with Crippen LogP contribution in [0.4, 0.5) is 0 Å². The van der Waals surface area contributed by atoms with Crippen LogP contribution in [0.25, 0.3) is 0 Å². The van der Waals surface area contributed by atoms with Crippen molar-refractivity contribution in [2.75, 3.05) is 45.4 Å². The second kappa shape index (κ2) is 11.6. The zero-order valence-electron chi connectivity index (χ0n) is 14.5. The lowest BCUT2D eigenvalue weighted by Crippen LogP contribution is -2.39. The molecule has 1 rings (SSSR count). The number of hydrogen-bond acceptors (Lipinski definition) is 4. The van der Waals surface area contributed by atoms with Gasteiger partial charge in [-0.05, 0) is 30.5 Å². The summed E-state index contributed by atoms with van der Waals surface area (Å²) in [5.74, 6) is 0.710. The number of ether oxygens (including phenoxy) is 1. The lowest BCUT2D eigenvalue weighted by molar-refractivity contribution is 0.154. The minimum Gasteiger partial charge on any atom is -0.379 e. The molecule has 0 unspecified atom stereocenters. The molecular formula is C16H25Cl2N3O3S. The van der Waals surface area contributed by atoms with Crippen LogP contribution in [0, 0.1) is 0 Å². The smallest absolute Gasteiger partial charge is 0.191 e. The minimum atomic E-state index is -2.97. The fourth-order valence-electron chi connectivity index (χ4n) is 1.98. The zero-order valence-corrected chi connectivity index (χ0v) is 16.8. The van der Waals surface area contributed by atoms with E-state index in [-0.39, 0.29) is 12.4 Å². The van der Waals surface area contributed by atoms with Gasteiger partial charge in [-0.25, -0.2) is 8.42 Å². The summed E-state index contributed by atoms with van der Waals surface area (Å²) in [5, 5.41) is 7.63. The van der Waals surface area contributed by atoms with E-state index in [1.54, 1.807) is 13.1 Å². The molecule has 0 aliphatic rings. The Morgan fingerprint density at radius 2 is 1.92 bits per heavy atom. The second-order valence-electron chi connectivity index (χ2n) is 5.51. The van der Waals surface area contributed by atoms with Gasteiger partial charge in [0.2, 0.25) is 0 Å². The molecule has 0 amide bonds. The Hall–Kier alpha value is -1.02. The topological polar surface area (TPSA) is 79.8 Å². The normalized spacial score (nSPS) is 12.2. The molecule has 0 spiro atoms. The molecule has 0 saturated heterocycles. The van der Waals surface area contributed by atoms with Crippen molar-refractivity contribution >= 4 is 39.0 Å². The molecule has 6 nitrogen and oxygen atoms in total. The van der Waals surface area contributed by atoms with Crippen molar-refractivity contribution in [1.82, 2.24) is 10.6 Å². The van der Waals surface area contributed by atoms with Crippen molar-refractivity contribution in [2.24, 2.45) is 4.99 Å². The third kappa shape index (κ3) is 10.5. The first kappa shape index (κ1) is 22.0. The lowest BCUT2D eigenvalue weighted by atomic mass is 10.1. The summed E-state index contributed by atoms with van der Waals surface area (Å²) in [5.41, 5.74) is 1.06. The molecule has 142 valence electrons. The summed E-state index contributed by atoms with van der Waals surface area (Å²) >= 11 is 12.0. The molecule has 2 N–H and O–H groups in total. The number of aryl methyl sites for hydroxylation is 1. The Morgan fingerprint density at radius 1 is 1.20 bits per heavy atom. The van der Waals surface area contributed by atoms with Crippen LogP contribution < -0.4 is 10.6 Å². The Morgan fingerprint density at radius 3 is 2.56 bits per heavy atom. The molecule has 0 aromatic heterocycles. The van der Waals surface area contributed by atoms with Crippen molar-refractivity contribution in [1.29, 1.82) is 0 Å². The number of halogens is 2. The summed E-state index contributed by atoms with van der Waals surface area (Å²) in [6, 6.07) is 5.52. The monoisotopic (exact) mass is 409 g/mol. The lowest BCUT2D eigenvalue weighted by Gasteiger charge is -2.12. The number of rotatable bonds is 10. The standard InChI is InChI=1S/C16H25Cl2N3O3S/c1-19-16(21-8-9-24-10-11-25(2,22)23)20-7-3-4-13-5-6-14(17)12-15(13)18/h5-6,12H,3-4,7-11H2,1-2H3,(H2,19,20,21). The number of benzene rings is 1. The average Bonchev–Trinajstić information content (AvgIpc) is 2.53. The van der Waals surface area contributed by atoms with Crippen LogP contribution in [-0.2, 0) is 21.0 Å². The van der Waals surface area contributed by atoms with Crippen molar-refractivity contribution < 1.29 is 13.2 Å². The first-order valence-corrected chi connectivity index (χ1v) is 10.8. The number of sulfone groups is 1. The van der Waals surface area contributed by atoms with Gasteiger partial charge < -0.3 is 15.4 Å². The first-order chi connectivity index (χ1) is 11.8. The summed E-state index contributed by atoms with van der Waals surface area (Å²) in [6.45, 7) is 1.91. The van der Waals surface area contributed by atoms with Gasteiger partial charge in [-0.15, -0.1) is 0 Å². The summed E-state index contributed by atoms with van der Waals surface area (Å²) in [7, 11) is -1.28. The number of hydrogen-bond donors (Lipinski definition) is 2. The highest BCUT2D eigenvalue weighted by Crippen LogP contribution is 2.21. The fraction of sp³-hybridized carbons (Fsp3) is 0.562. The van der Waals surface area contributed by atoms with Crippen LogP contribution in [0.15, 0.2) is 23.2 Å². The summed E-state index contributed by atoms with van der Waals surface area (Å²) in [4.78, 5) is 4.12. The number of nitrogens with zero attached hydrogens (tertiary/aromatic N) is 1. The van der Waals surface area contributed by atoms with Crippen molar-refractivity contribution in [3.8, 4) is 0 Å². The molecular weight excluding hydrogens is 385 g/mol. The van der Waals surface area contributed by atoms with Crippen LogP contribution >= 0.6 is 23.2 Å². The minimum absolute atomic E-state index is 0.0350. The number of nitrogens with one attached hydrogen (secondary N) is 2. The molecule has 9 heteroatoms. The van der Waals surface area contributed by atoms with Crippen molar-refractivity contribution in [3.63, 3.8) is 0 Å². The zero-order chi connectivity index (χ0) is 18.7. The molecule has 0 bridgehead atoms. The average molecular weight is 410 g/mol. The third-order valence-corrected chi connectivity index (χ3v) is 4.79. The predicted octanol–water partition coefficient (Wildman–Crippen LogP) is 2.15. The molecule has 0 heterocycles. The van der Waals surface area contributed by atoms with Gasteiger partial charge in [0.05, 0.1) is 19.0 Å². The van der Waals surface area contributed by atoms with E-state index >= 15 is 0 Å². The van der Waals surface area contributed by atoms with Gasteiger partial charge in [0, 0.05) is 36.4 Å². The van der Waals surface area contributed by atoms with E-state index in [0.717, 1.165) is 24.9 Å². The predicted molar refractivity (Wildman–Crippen MR) is 105 cm³/mol. The SMILES string of the molecule is CN=C(NCCCc1ccc(Cl)cc1Cl)NCCOCCS(C)(=O)=O. The maximum absolute atomic E-state index is 11.0. The van der Waals surface area contributed by atoms with Crippen LogP contribution in [0.1, 0.15) is 12.0 Å². The van der Waals surface area contributed by atoms with Gasteiger partial charge in [0.25, 0.3) is 0 Å². The second-order valence-corrected chi connectivity index (χ2v) is 8.61. The maximum Gasteiger partial charge on any atom is 0.191 e. The van der Waals surface area contributed by atoms with Gasteiger partial charge in [-0.3, -0.25) is 4.99 Å². The molecule has 1 aromatic carbocycles. The quantitative estimate of drug-likeness (QED) is 0.351. The molecule has 0 aliphatic carbocycles. The fourth-order valence-corrected chi connectivity index (χ4v) is 2.91.